The summed E-state index contributed by atoms with van der Waals surface area (Å²) in [6.07, 6.45) is 4.49. The van der Waals surface area contributed by atoms with Crippen molar-refractivity contribution in [3.63, 3.8) is 0 Å². The minimum Gasteiger partial charge on any atom is -0.457 e. The number of hydrogen-bond donors (Lipinski definition) is 1. The second kappa shape index (κ2) is 16.1. The van der Waals surface area contributed by atoms with Crippen LogP contribution in [0.2, 0.25) is 0 Å². The normalized spacial score (nSPS) is 15.5. The number of nitrogens with zero attached hydrogens (tertiary/aromatic N) is 3. The van der Waals surface area contributed by atoms with Crippen LogP contribution in [0.15, 0.2) is 149 Å². The molecule has 1 N–H and O–H groups in total. The first-order chi connectivity index (χ1) is 26.2. The summed E-state index contributed by atoms with van der Waals surface area (Å²) in [5, 5.41) is 8.27. The van der Waals surface area contributed by atoms with Gasteiger partial charge in [0.05, 0.1) is 33.3 Å². The molecule has 0 atom stereocenters. The number of esters is 2. The Balaban J connectivity index is 1.34. The zero-order chi connectivity index (χ0) is 37.7. The number of para-hydroxylation sites is 1. The van der Waals surface area contributed by atoms with Crippen LogP contribution in [0, 0.1) is 0 Å². The van der Waals surface area contributed by atoms with Crippen molar-refractivity contribution in [3.8, 4) is 16.9 Å². The van der Waals surface area contributed by atoms with Crippen LogP contribution in [0.3, 0.4) is 0 Å². The van der Waals surface area contributed by atoms with Gasteiger partial charge in [-0.15, -0.1) is 0 Å². The van der Waals surface area contributed by atoms with Crippen LogP contribution in [0.4, 0.5) is 0 Å². The van der Waals surface area contributed by atoms with Crippen molar-refractivity contribution in [2.75, 3.05) is 13.1 Å². The molecule has 0 saturated carbocycles. The Kier molecular flexibility index (Phi) is 10.9. The van der Waals surface area contributed by atoms with E-state index in [-0.39, 0.29) is 29.3 Å². The van der Waals surface area contributed by atoms with E-state index in [1.165, 1.54) is 4.31 Å². The number of rotatable bonds is 11. The number of benzene rings is 4. The third-order valence-electron chi connectivity index (χ3n) is 9.78. The van der Waals surface area contributed by atoms with Crippen molar-refractivity contribution in [2.24, 2.45) is 0 Å². The van der Waals surface area contributed by atoms with Gasteiger partial charge in [-0.05, 0) is 62.1 Å². The van der Waals surface area contributed by atoms with Crippen LogP contribution in [0.1, 0.15) is 55.7 Å². The molecule has 0 aliphatic carbocycles. The highest BCUT2D eigenvalue weighted by Gasteiger charge is 2.41. The van der Waals surface area contributed by atoms with E-state index in [4.69, 9.17) is 14.6 Å². The van der Waals surface area contributed by atoms with E-state index in [1.807, 2.05) is 97.2 Å². The van der Waals surface area contributed by atoms with Crippen LogP contribution in [0.5, 0.6) is 0 Å². The second-order valence-electron chi connectivity index (χ2n) is 13.5. The number of carbonyl (C=O) groups is 2. The SMILES string of the molecule is CC1=C(C(=O)OCc2ccccc2)C(c2cn(-c3ccccc3)nc2-c2ccc(S(=O)(=O)N3CCCCC3)cc2)C(C(=O)OCc2ccccc2)=C(C)N1. The Morgan fingerprint density at radius 2 is 1.20 bits per heavy atom. The molecule has 11 heteroatoms. The van der Waals surface area contributed by atoms with Crippen molar-refractivity contribution in [2.45, 2.75) is 57.1 Å². The predicted octanol–water partition coefficient (Wildman–Crippen LogP) is 7.44. The second-order valence-corrected chi connectivity index (χ2v) is 15.4. The molecule has 2 aliphatic heterocycles. The van der Waals surface area contributed by atoms with E-state index in [0.717, 1.165) is 36.1 Å². The van der Waals surface area contributed by atoms with E-state index in [0.29, 0.717) is 41.3 Å². The van der Waals surface area contributed by atoms with Crippen LogP contribution in [-0.2, 0) is 42.3 Å². The van der Waals surface area contributed by atoms with Gasteiger partial charge in [0.15, 0.2) is 0 Å². The summed E-state index contributed by atoms with van der Waals surface area (Å²) in [6.45, 7) is 4.61. The number of carbonyl (C=O) groups excluding carboxylic acids is 2. The molecule has 1 fully saturated rings. The number of aromatic nitrogens is 2. The van der Waals surface area contributed by atoms with Gasteiger partial charge in [-0.2, -0.15) is 9.40 Å². The van der Waals surface area contributed by atoms with Crippen molar-refractivity contribution in [1.82, 2.24) is 19.4 Å². The monoisotopic (exact) mass is 742 g/mol. The number of allylic oxidation sites excluding steroid dienone is 2. The smallest absolute Gasteiger partial charge is 0.337 e. The van der Waals surface area contributed by atoms with Gasteiger partial charge in [0.1, 0.15) is 13.2 Å². The number of sulfonamides is 1. The molecule has 2 aliphatic rings. The summed E-state index contributed by atoms with van der Waals surface area (Å²) in [4.78, 5) is 28.7. The molecule has 1 aromatic heterocycles. The first-order valence-corrected chi connectivity index (χ1v) is 19.5. The van der Waals surface area contributed by atoms with Crippen molar-refractivity contribution >= 4 is 22.0 Å². The van der Waals surface area contributed by atoms with Gasteiger partial charge in [0.2, 0.25) is 10.0 Å². The van der Waals surface area contributed by atoms with Crippen molar-refractivity contribution in [1.29, 1.82) is 0 Å². The predicted molar refractivity (Wildman–Crippen MR) is 205 cm³/mol. The molecule has 0 amide bonds. The molecule has 54 heavy (non-hydrogen) atoms. The summed E-state index contributed by atoms with van der Waals surface area (Å²) < 4.78 is 42.2. The highest BCUT2D eigenvalue weighted by atomic mass is 32.2. The summed E-state index contributed by atoms with van der Waals surface area (Å²) in [5.41, 5.74) is 5.53. The third-order valence-corrected chi connectivity index (χ3v) is 11.7. The van der Waals surface area contributed by atoms with Gasteiger partial charge < -0.3 is 14.8 Å². The lowest BCUT2D eigenvalue weighted by atomic mass is 9.79. The molecule has 4 aromatic carbocycles. The molecule has 0 spiro atoms. The maximum Gasteiger partial charge on any atom is 0.337 e. The van der Waals surface area contributed by atoms with Crippen LogP contribution >= 0.6 is 0 Å². The molecule has 3 heterocycles. The van der Waals surface area contributed by atoms with Gasteiger partial charge >= 0.3 is 11.9 Å². The topological polar surface area (TPSA) is 120 Å². The summed E-state index contributed by atoms with van der Waals surface area (Å²) >= 11 is 0. The van der Waals surface area contributed by atoms with E-state index in [9.17, 15) is 18.0 Å². The van der Waals surface area contributed by atoms with Crippen LogP contribution < -0.4 is 5.32 Å². The molecule has 276 valence electrons. The fourth-order valence-electron chi connectivity index (χ4n) is 7.02. The molecule has 0 unspecified atom stereocenters. The number of dihydropyridines is 1. The van der Waals surface area contributed by atoms with Crippen molar-refractivity contribution in [3.05, 3.63) is 161 Å². The molecule has 7 rings (SSSR count). The largest absolute Gasteiger partial charge is 0.457 e. The lowest BCUT2D eigenvalue weighted by molar-refractivity contribution is -0.141. The zero-order valence-corrected chi connectivity index (χ0v) is 31.1. The van der Waals surface area contributed by atoms with E-state index >= 15 is 0 Å². The van der Waals surface area contributed by atoms with Crippen LogP contribution in [0.25, 0.3) is 16.9 Å². The lowest BCUT2D eigenvalue weighted by Crippen LogP contribution is -2.35. The van der Waals surface area contributed by atoms with Gasteiger partial charge in [-0.25, -0.2) is 22.7 Å². The Morgan fingerprint density at radius 3 is 1.72 bits per heavy atom. The quantitative estimate of drug-likeness (QED) is 0.139. The third kappa shape index (κ3) is 7.78. The molecule has 0 bridgehead atoms. The Bertz CT molecular complexity index is 2220. The highest BCUT2D eigenvalue weighted by Crippen LogP contribution is 2.43. The standard InChI is InChI=1S/C43H42N4O6S/c1-30-38(42(48)52-28-32-15-7-3-8-16-32)40(39(31(2)44-30)43(49)53-29-33-17-9-4-10-18-33)37-27-47(35-19-11-5-12-20-35)45-41(37)34-21-23-36(24-22-34)54(50,51)46-25-13-6-14-26-46/h3-5,7-12,15-24,27,40,44H,6,13-14,25-26,28-29H2,1-2H3. The average molecular weight is 743 g/mol. The number of ether oxygens (including phenoxy) is 2. The number of piperidine rings is 1. The van der Waals surface area contributed by atoms with E-state index < -0.39 is 27.9 Å². The fourth-order valence-corrected chi connectivity index (χ4v) is 8.54. The molecule has 10 nitrogen and oxygen atoms in total. The van der Waals surface area contributed by atoms with Gasteiger partial charge in [0.25, 0.3) is 0 Å². The van der Waals surface area contributed by atoms with E-state index in [2.05, 4.69) is 5.32 Å². The fraction of sp³-hybridized carbons (Fsp3) is 0.233. The highest BCUT2D eigenvalue weighted by molar-refractivity contribution is 7.89. The summed E-state index contributed by atoms with van der Waals surface area (Å²) in [5.74, 6) is -2.16. The summed E-state index contributed by atoms with van der Waals surface area (Å²) in [7, 11) is -3.68. The molecular formula is C43H42N4O6S. The van der Waals surface area contributed by atoms with Crippen LogP contribution in [-0.4, -0.2) is 47.5 Å². The first kappa shape index (κ1) is 36.6. The Morgan fingerprint density at radius 1 is 0.704 bits per heavy atom. The van der Waals surface area contributed by atoms with Crippen molar-refractivity contribution < 1.29 is 27.5 Å². The minimum atomic E-state index is -3.68. The zero-order valence-electron chi connectivity index (χ0n) is 30.3. The Labute approximate surface area is 315 Å². The molecule has 0 radical (unpaired) electrons. The molecule has 5 aromatic rings. The van der Waals surface area contributed by atoms with Gasteiger partial charge in [0, 0.05) is 41.8 Å². The lowest BCUT2D eigenvalue weighted by Gasteiger charge is -2.30. The average Bonchev–Trinajstić information content (AvgIpc) is 3.66. The maximum atomic E-state index is 14.3. The number of nitrogens with one attached hydrogen (secondary N) is 1. The first-order valence-electron chi connectivity index (χ1n) is 18.1. The summed E-state index contributed by atoms with van der Waals surface area (Å²) in [6, 6.07) is 34.9. The minimum absolute atomic E-state index is 0.0305. The number of hydrogen-bond acceptors (Lipinski definition) is 8. The van der Waals surface area contributed by atoms with Gasteiger partial charge in [-0.3, -0.25) is 0 Å². The molecule has 1 saturated heterocycles. The maximum absolute atomic E-state index is 14.3. The van der Waals surface area contributed by atoms with E-state index in [1.54, 1.807) is 42.8 Å². The van der Waals surface area contributed by atoms with Gasteiger partial charge in [-0.1, -0.05) is 97.4 Å². The Hall–Kier alpha value is -5.78. The molecular weight excluding hydrogens is 701 g/mol.